The molecule has 186 valence electrons. The van der Waals surface area contributed by atoms with Gasteiger partial charge in [-0.3, -0.25) is 9.78 Å². The Balaban J connectivity index is 1.45. The van der Waals surface area contributed by atoms with Crippen LogP contribution >= 0.6 is 0 Å². The molecule has 1 aromatic heterocycles. The predicted molar refractivity (Wildman–Crippen MR) is 136 cm³/mol. The smallest absolute Gasteiger partial charge is 0.431 e. The largest absolute Gasteiger partial charge is 0.493 e. The zero-order chi connectivity index (χ0) is 25.5. The minimum absolute atomic E-state index is 0.227. The van der Waals surface area contributed by atoms with Crippen LogP contribution in [-0.2, 0) is 11.2 Å². The highest BCUT2D eigenvalue weighted by molar-refractivity contribution is 6.06. The second-order valence-corrected chi connectivity index (χ2v) is 8.10. The Bertz CT molecular complexity index is 1240. The summed E-state index contributed by atoms with van der Waals surface area (Å²) in [4.78, 5) is 28.9. The van der Waals surface area contributed by atoms with Crippen molar-refractivity contribution >= 4 is 23.4 Å². The average molecular weight is 489 g/mol. The van der Waals surface area contributed by atoms with Crippen LogP contribution in [0.2, 0.25) is 0 Å². The number of hydrogen-bond acceptors (Lipinski definition) is 7. The van der Waals surface area contributed by atoms with Gasteiger partial charge in [-0.1, -0.05) is 19.1 Å². The number of aromatic nitrogens is 1. The Morgan fingerprint density at radius 2 is 1.86 bits per heavy atom. The average Bonchev–Trinajstić information content (AvgIpc) is 2.93. The van der Waals surface area contributed by atoms with Crippen molar-refractivity contribution in [1.29, 1.82) is 0 Å². The van der Waals surface area contributed by atoms with E-state index in [4.69, 9.17) is 14.2 Å². The minimum atomic E-state index is -0.480. The summed E-state index contributed by atoms with van der Waals surface area (Å²) in [6.45, 7) is 2.28. The first kappa shape index (κ1) is 24.7. The normalized spacial score (nSPS) is 15.1. The number of carbonyl (C=O) groups is 2. The van der Waals surface area contributed by atoms with Crippen molar-refractivity contribution in [2.75, 3.05) is 26.1 Å². The standard InChI is InChI=1S/C27H28N4O5/c1-4-22-25(19-9-12-23(34-2)24(16-19)35-3)30-31(27(33)36-22)15-13-18-7-10-21(11-8-18)29-26(32)20-6-5-14-28-17-20/h5-12,14,16-17,22H,4,13,15H2,1-3H3,(H,29,32). The van der Waals surface area contributed by atoms with E-state index < -0.39 is 12.2 Å². The molecule has 1 aliphatic heterocycles. The minimum Gasteiger partial charge on any atom is -0.493 e. The Kier molecular flexibility index (Phi) is 7.79. The number of anilines is 1. The van der Waals surface area contributed by atoms with Crippen LogP contribution in [0.25, 0.3) is 0 Å². The molecule has 0 fully saturated rings. The summed E-state index contributed by atoms with van der Waals surface area (Å²) >= 11 is 0. The van der Waals surface area contributed by atoms with Gasteiger partial charge in [0, 0.05) is 23.6 Å². The molecule has 0 aliphatic carbocycles. The van der Waals surface area contributed by atoms with Crippen molar-refractivity contribution in [1.82, 2.24) is 9.99 Å². The lowest BCUT2D eigenvalue weighted by Crippen LogP contribution is -2.42. The molecule has 0 spiro atoms. The Hall–Kier alpha value is -4.40. The third-order valence-electron chi connectivity index (χ3n) is 5.79. The molecule has 0 saturated heterocycles. The van der Waals surface area contributed by atoms with Crippen LogP contribution in [0.15, 0.2) is 72.1 Å². The number of rotatable bonds is 9. The van der Waals surface area contributed by atoms with Gasteiger partial charge in [-0.05, 0) is 60.9 Å². The number of hydrazone groups is 1. The summed E-state index contributed by atoms with van der Waals surface area (Å²) in [7, 11) is 3.15. The highest BCUT2D eigenvalue weighted by Gasteiger charge is 2.31. The predicted octanol–water partition coefficient (Wildman–Crippen LogP) is 4.53. The summed E-state index contributed by atoms with van der Waals surface area (Å²) in [5.74, 6) is 0.959. The third kappa shape index (κ3) is 5.63. The molecular weight excluding hydrogens is 460 g/mol. The number of hydrogen-bond donors (Lipinski definition) is 1. The molecule has 9 nitrogen and oxygen atoms in total. The molecule has 0 saturated carbocycles. The van der Waals surface area contributed by atoms with Gasteiger partial charge in [0.05, 0.1) is 26.3 Å². The number of ether oxygens (including phenoxy) is 3. The van der Waals surface area contributed by atoms with Gasteiger partial charge in [0.25, 0.3) is 5.91 Å². The maximum absolute atomic E-state index is 12.6. The van der Waals surface area contributed by atoms with E-state index in [9.17, 15) is 9.59 Å². The van der Waals surface area contributed by atoms with E-state index in [2.05, 4.69) is 15.4 Å². The molecule has 3 aromatic rings. The van der Waals surface area contributed by atoms with E-state index in [1.54, 1.807) is 38.6 Å². The molecule has 0 radical (unpaired) electrons. The van der Waals surface area contributed by atoms with Crippen LogP contribution in [0.3, 0.4) is 0 Å². The van der Waals surface area contributed by atoms with E-state index >= 15 is 0 Å². The monoisotopic (exact) mass is 488 g/mol. The third-order valence-corrected chi connectivity index (χ3v) is 5.79. The number of pyridine rings is 1. The summed E-state index contributed by atoms with van der Waals surface area (Å²) in [5, 5.41) is 8.83. The van der Waals surface area contributed by atoms with Gasteiger partial charge in [0.15, 0.2) is 11.5 Å². The number of benzene rings is 2. The molecule has 9 heteroatoms. The lowest BCUT2D eigenvalue weighted by molar-refractivity contribution is 0.0741. The van der Waals surface area contributed by atoms with Crippen LogP contribution in [0, 0.1) is 0 Å². The lowest BCUT2D eigenvalue weighted by Gasteiger charge is -2.29. The zero-order valence-corrected chi connectivity index (χ0v) is 20.4. The summed E-state index contributed by atoms with van der Waals surface area (Å²) in [6.07, 6.45) is 3.36. The summed E-state index contributed by atoms with van der Waals surface area (Å²) in [5.41, 5.74) is 3.60. The lowest BCUT2D eigenvalue weighted by atomic mass is 10.0. The molecule has 2 heterocycles. The van der Waals surface area contributed by atoms with Crippen molar-refractivity contribution in [2.45, 2.75) is 25.9 Å². The highest BCUT2D eigenvalue weighted by Crippen LogP contribution is 2.30. The van der Waals surface area contributed by atoms with Crippen molar-refractivity contribution in [2.24, 2.45) is 5.10 Å². The Labute approximate surface area is 209 Å². The molecule has 36 heavy (non-hydrogen) atoms. The molecule has 1 aliphatic rings. The van der Waals surface area contributed by atoms with Gasteiger partial charge in [0.2, 0.25) is 0 Å². The topological polar surface area (TPSA) is 102 Å². The number of amides is 2. The van der Waals surface area contributed by atoms with Crippen molar-refractivity contribution < 1.29 is 23.8 Å². The van der Waals surface area contributed by atoms with Crippen LogP contribution in [0.4, 0.5) is 10.5 Å². The fourth-order valence-corrected chi connectivity index (χ4v) is 3.82. The molecule has 0 bridgehead atoms. The van der Waals surface area contributed by atoms with Crippen LogP contribution in [-0.4, -0.2) is 54.6 Å². The number of nitrogens with one attached hydrogen (secondary N) is 1. The molecule has 2 aromatic carbocycles. The van der Waals surface area contributed by atoms with Gasteiger partial charge in [-0.25, -0.2) is 4.79 Å². The van der Waals surface area contributed by atoms with Crippen LogP contribution in [0.1, 0.15) is 34.8 Å². The van der Waals surface area contributed by atoms with Gasteiger partial charge in [-0.15, -0.1) is 0 Å². The first-order chi connectivity index (χ1) is 17.5. The Morgan fingerprint density at radius 1 is 1.08 bits per heavy atom. The molecule has 1 atom stereocenters. The first-order valence-electron chi connectivity index (χ1n) is 11.6. The fourth-order valence-electron chi connectivity index (χ4n) is 3.82. The van der Waals surface area contributed by atoms with Gasteiger partial charge >= 0.3 is 6.09 Å². The van der Waals surface area contributed by atoms with E-state index in [0.29, 0.717) is 47.8 Å². The number of nitrogens with zero attached hydrogens (tertiary/aromatic N) is 3. The number of cyclic esters (lactones) is 1. The second kappa shape index (κ2) is 11.4. The zero-order valence-electron chi connectivity index (χ0n) is 20.4. The Morgan fingerprint density at radius 3 is 2.53 bits per heavy atom. The first-order valence-corrected chi connectivity index (χ1v) is 11.6. The quantitative estimate of drug-likeness (QED) is 0.475. The van der Waals surface area contributed by atoms with Crippen LogP contribution in [0.5, 0.6) is 11.5 Å². The highest BCUT2D eigenvalue weighted by atomic mass is 16.6. The number of carbonyl (C=O) groups excluding carboxylic acids is 2. The molecule has 4 rings (SSSR count). The van der Waals surface area contributed by atoms with Crippen molar-refractivity contribution in [3.63, 3.8) is 0 Å². The van der Waals surface area contributed by atoms with E-state index in [1.807, 2.05) is 43.3 Å². The van der Waals surface area contributed by atoms with Crippen LogP contribution < -0.4 is 14.8 Å². The summed E-state index contributed by atoms with van der Waals surface area (Å²) in [6, 6.07) is 16.4. The van der Waals surface area contributed by atoms with Crippen molar-refractivity contribution in [3.05, 3.63) is 83.7 Å². The van der Waals surface area contributed by atoms with Gasteiger partial charge < -0.3 is 19.5 Å². The molecule has 2 amide bonds. The second-order valence-electron chi connectivity index (χ2n) is 8.10. The number of methoxy groups -OCH3 is 2. The van der Waals surface area contributed by atoms with E-state index in [-0.39, 0.29) is 5.91 Å². The van der Waals surface area contributed by atoms with Gasteiger partial charge in [-0.2, -0.15) is 10.1 Å². The summed E-state index contributed by atoms with van der Waals surface area (Å²) < 4.78 is 16.4. The van der Waals surface area contributed by atoms with Gasteiger partial charge in [0.1, 0.15) is 11.8 Å². The fraction of sp³-hybridized carbons (Fsp3) is 0.259. The molecule has 1 unspecified atom stereocenters. The molecular formula is C27H28N4O5. The molecule has 1 N–H and O–H groups in total. The maximum atomic E-state index is 12.6. The maximum Gasteiger partial charge on any atom is 0.431 e. The van der Waals surface area contributed by atoms with E-state index in [0.717, 1.165) is 11.1 Å². The SMILES string of the molecule is CCC1OC(=O)N(CCc2ccc(NC(=O)c3cccnc3)cc2)N=C1c1ccc(OC)c(OC)c1. The van der Waals surface area contributed by atoms with Crippen molar-refractivity contribution in [3.8, 4) is 11.5 Å². The van der Waals surface area contributed by atoms with E-state index in [1.165, 1.54) is 11.2 Å².